The van der Waals surface area contributed by atoms with Crippen molar-refractivity contribution in [2.24, 2.45) is 0 Å². The van der Waals surface area contributed by atoms with Crippen LogP contribution in [-0.2, 0) is 9.53 Å². The maximum absolute atomic E-state index is 15.6. The second-order valence-electron chi connectivity index (χ2n) is 12.0. The zero-order chi connectivity index (χ0) is 31.7. The SMILES string of the molecule is CN(C1COC1)C(C)(C)/C=C(\C#N)C(=O)N1CCC[C@H](n2nc(-c3ccc(Oc4ccccc4)cc3F)c3c(N)ncnc32)C1. The maximum atomic E-state index is 15.6. The van der Waals surface area contributed by atoms with Crippen molar-refractivity contribution in [2.45, 2.75) is 44.3 Å². The predicted molar refractivity (Wildman–Crippen MR) is 167 cm³/mol. The average Bonchev–Trinajstić information content (AvgIpc) is 3.40. The number of likely N-dealkylation sites (N-methyl/N-ethyl adjacent to an activating group) is 1. The van der Waals surface area contributed by atoms with Crippen LogP contribution in [0, 0.1) is 17.1 Å². The number of fused-ring (bicyclic) bond motifs is 1. The van der Waals surface area contributed by atoms with Crippen LogP contribution in [0.3, 0.4) is 0 Å². The highest BCUT2D eigenvalue weighted by molar-refractivity contribution is 5.99. The van der Waals surface area contributed by atoms with Gasteiger partial charge in [-0.1, -0.05) is 18.2 Å². The first-order chi connectivity index (χ1) is 21.7. The molecule has 4 aromatic rings. The summed E-state index contributed by atoms with van der Waals surface area (Å²) < 4.78 is 28.4. The van der Waals surface area contributed by atoms with Crippen LogP contribution in [-0.4, -0.2) is 80.4 Å². The van der Waals surface area contributed by atoms with Crippen LogP contribution < -0.4 is 10.5 Å². The molecule has 0 aliphatic carbocycles. The fourth-order valence-electron chi connectivity index (χ4n) is 5.84. The van der Waals surface area contributed by atoms with E-state index in [9.17, 15) is 10.1 Å². The third-order valence-corrected chi connectivity index (χ3v) is 8.65. The Morgan fingerprint density at radius 3 is 2.67 bits per heavy atom. The molecule has 0 bridgehead atoms. The van der Waals surface area contributed by atoms with E-state index in [0.29, 0.717) is 67.4 Å². The highest BCUT2D eigenvalue weighted by atomic mass is 19.1. The third kappa shape index (κ3) is 5.96. The van der Waals surface area contributed by atoms with Gasteiger partial charge in [0.05, 0.1) is 30.7 Å². The predicted octanol–water partition coefficient (Wildman–Crippen LogP) is 4.73. The van der Waals surface area contributed by atoms with Gasteiger partial charge < -0.3 is 20.1 Å². The van der Waals surface area contributed by atoms with Gasteiger partial charge in [0.1, 0.15) is 46.8 Å². The van der Waals surface area contributed by atoms with Crippen LogP contribution in [0.25, 0.3) is 22.3 Å². The van der Waals surface area contributed by atoms with Crippen molar-refractivity contribution in [3.63, 3.8) is 0 Å². The van der Waals surface area contributed by atoms with E-state index >= 15 is 4.39 Å². The minimum Gasteiger partial charge on any atom is -0.457 e. The van der Waals surface area contributed by atoms with E-state index in [0.717, 1.165) is 0 Å². The van der Waals surface area contributed by atoms with Gasteiger partial charge in [-0.2, -0.15) is 10.4 Å². The third-order valence-electron chi connectivity index (χ3n) is 8.65. The quantitative estimate of drug-likeness (QED) is 0.222. The molecule has 11 nitrogen and oxygen atoms in total. The van der Waals surface area contributed by atoms with Gasteiger partial charge in [-0.3, -0.25) is 9.69 Å². The fraction of sp³-hybridized carbons (Fsp3) is 0.364. The standard InChI is InChI=1S/C33H35FN8O3/c1-33(2,40(3)23-18-44-19-23)15-21(16-35)32(43)41-13-7-8-22(17-41)42-31-28(30(36)37-20-38-31)29(39-42)26-12-11-25(14-27(26)34)45-24-9-5-4-6-10-24/h4-6,9-12,14-15,20,22-23H,7-8,13,17-19H2,1-3H3,(H2,36,37,38)/b21-15+/t22-/m0/s1. The van der Waals surface area contributed by atoms with Crippen molar-refractivity contribution in [3.05, 3.63) is 72.3 Å². The number of hydrogen-bond donors (Lipinski definition) is 1. The summed E-state index contributed by atoms with van der Waals surface area (Å²) in [7, 11) is 1.97. The molecule has 2 aliphatic heterocycles. The van der Waals surface area contributed by atoms with Crippen molar-refractivity contribution < 1.29 is 18.7 Å². The molecule has 45 heavy (non-hydrogen) atoms. The van der Waals surface area contributed by atoms with Gasteiger partial charge in [0.25, 0.3) is 5.91 Å². The number of anilines is 1. The summed E-state index contributed by atoms with van der Waals surface area (Å²) in [6.45, 7) is 6.02. The van der Waals surface area contributed by atoms with Gasteiger partial charge in [-0.25, -0.2) is 19.0 Å². The Morgan fingerprint density at radius 1 is 1.20 bits per heavy atom. The summed E-state index contributed by atoms with van der Waals surface area (Å²) >= 11 is 0. The summed E-state index contributed by atoms with van der Waals surface area (Å²) in [5.74, 6) is 0.231. The molecule has 0 radical (unpaired) electrons. The van der Waals surface area contributed by atoms with Gasteiger partial charge in [-0.15, -0.1) is 0 Å². The molecule has 4 heterocycles. The number of carbonyl (C=O) groups is 1. The van der Waals surface area contributed by atoms with E-state index in [4.69, 9.17) is 20.3 Å². The number of amides is 1. The maximum Gasteiger partial charge on any atom is 0.264 e. The Labute approximate surface area is 260 Å². The van der Waals surface area contributed by atoms with Crippen molar-refractivity contribution in [3.8, 4) is 28.8 Å². The summed E-state index contributed by atoms with van der Waals surface area (Å²) in [5.41, 5.74) is 6.83. The van der Waals surface area contributed by atoms with Crippen LogP contribution >= 0.6 is 0 Å². The Morgan fingerprint density at radius 2 is 1.98 bits per heavy atom. The number of nitrogen functional groups attached to an aromatic ring is 1. The number of aromatic nitrogens is 4. The number of hydrogen-bond acceptors (Lipinski definition) is 9. The molecule has 2 fully saturated rings. The highest BCUT2D eigenvalue weighted by Gasteiger charge is 2.35. The Bertz CT molecular complexity index is 1790. The molecule has 2 aromatic carbocycles. The zero-order valence-electron chi connectivity index (χ0n) is 25.5. The molecule has 2 saturated heterocycles. The monoisotopic (exact) mass is 610 g/mol. The zero-order valence-corrected chi connectivity index (χ0v) is 25.5. The molecule has 232 valence electrons. The number of benzene rings is 2. The van der Waals surface area contributed by atoms with E-state index in [2.05, 4.69) is 20.9 Å². The number of piperidine rings is 1. The summed E-state index contributed by atoms with van der Waals surface area (Å²) in [6.07, 6.45) is 4.48. The van der Waals surface area contributed by atoms with E-state index < -0.39 is 11.4 Å². The van der Waals surface area contributed by atoms with Gasteiger partial charge in [0, 0.05) is 30.3 Å². The molecule has 0 saturated carbocycles. The summed E-state index contributed by atoms with van der Waals surface area (Å²) in [6, 6.07) is 15.8. The molecule has 0 unspecified atom stereocenters. The van der Waals surface area contributed by atoms with Gasteiger partial charge >= 0.3 is 0 Å². The van der Waals surface area contributed by atoms with Crippen molar-refractivity contribution in [2.75, 3.05) is 39.1 Å². The number of halogens is 1. The number of para-hydroxylation sites is 1. The number of rotatable bonds is 8. The number of nitrogens with zero attached hydrogens (tertiary/aromatic N) is 7. The Balaban J connectivity index is 1.28. The first kappa shape index (κ1) is 30.2. The van der Waals surface area contributed by atoms with E-state index in [1.165, 1.54) is 12.4 Å². The second kappa shape index (κ2) is 12.3. The van der Waals surface area contributed by atoms with Crippen LogP contribution in [0.2, 0.25) is 0 Å². The largest absolute Gasteiger partial charge is 0.457 e. The van der Waals surface area contributed by atoms with Crippen molar-refractivity contribution in [1.82, 2.24) is 29.5 Å². The smallest absolute Gasteiger partial charge is 0.264 e. The molecular weight excluding hydrogens is 575 g/mol. The summed E-state index contributed by atoms with van der Waals surface area (Å²) in [5, 5.41) is 15.2. The number of nitriles is 1. The lowest BCUT2D eigenvalue weighted by Gasteiger charge is -2.43. The van der Waals surface area contributed by atoms with Gasteiger partial charge in [0.2, 0.25) is 0 Å². The number of ether oxygens (including phenoxy) is 2. The second-order valence-corrected chi connectivity index (χ2v) is 12.0. The molecule has 12 heteroatoms. The number of likely N-dealkylation sites (tertiary alicyclic amines) is 1. The lowest BCUT2D eigenvalue weighted by atomic mass is 9.96. The normalized spacial score (nSPS) is 17.7. The fourth-order valence-corrected chi connectivity index (χ4v) is 5.84. The van der Waals surface area contributed by atoms with Crippen LogP contribution in [0.5, 0.6) is 11.5 Å². The molecule has 2 aromatic heterocycles. The molecule has 1 amide bonds. The minimum atomic E-state index is -0.538. The first-order valence-electron chi connectivity index (χ1n) is 14.9. The molecule has 6 rings (SSSR count). The first-order valence-corrected chi connectivity index (χ1v) is 14.9. The summed E-state index contributed by atoms with van der Waals surface area (Å²) in [4.78, 5) is 26.1. The van der Waals surface area contributed by atoms with E-state index in [1.807, 2.05) is 39.1 Å². The van der Waals surface area contributed by atoms with Crippen LogP contribution in [0.1, 0.15) is 32.7 Å². The Hall–Kier alpha value is -4.86. The van der Waals surface area contributed by atoms with Gasteiger partial charge in [-0.05, 0) is 64.1 Å². The molecule has 2 aliphatic rings. The Kier molecular flexibility index (Phi) is 8.22. The van der Waals surface area contributed by atoms with Crippen LogP contribution in [0.15, 0.2) is 66.5 Å². The van der Waals surface area contributed by atoms with Crippen molar-refractivity contribution >= 4 is 22.8 Å². The topological polar surface area (TPSA) is 135 Å². The molecule has 1 atom stereocenters. The molecule has 0 spiro atoms. The molecular formula is C33H35FN8O3. The minimum absolute atomic E-state index is 0.0882. The van der Waals surface area contributed by atoms with Gasteiger partial charge in [0.15, 0.2) is 5.65 Å². The lowest BCUT2D eigenvalue weighted by molar-refractivity contribution is -0.128. The average molecular weight is 611 g/mol. The van der Waals surface area contributed by atoms with Crippen molar-refractivity contribution in [1.29, 1.82) is 5.26 Å². The number of nitrogens with two attached hydrogens (primary N) is 1. The number of carbonyl (C=O) groups excluding carboxylic acids is 1. The lowest BCUT2D eigenvalue weighted by Crippen LogP contribution is -2.55. The van der Waals surface area contributed by atoms with E-state index in [-0.39, 0.29) is 34.9 Å². The highest BCUT2D eigenvalue weighted by Crippen LogP contribution is 2.36. The van der Waals surface area contributed by atoms with Crippen LogP contribution in [0.4, 0.5) is 10.2 Å². The molecule has 2 N–H and O–H groups in total. The van der Waals surface area contributed by atoms with E-state index in [1.54, 1.807) is 39.9 Å².